The molecule has 1 aliphatic rings. The van der Waals surface area contributed by atoms with Crippen molar-refractivity contribution in [2.24, 2.45) is 5.92 Å². The number of halogens is 1. The van der Waals surface area contributed by atoms with Crippen LogP contribution >= 0.6 is 0 Å². The second-order valence-corrected chi connectivity index (χ2v) is 5.52. The minimum atomic E-state index is -0.838. The molecule has 1 atom stereocenters. The summed E-state index contributed by atoms with van der Waals surface area (Å²) in [6, 6.07) is 7.49. The zero-order valence-corrected chi connectivity index (χ0v) is 11.8. The number of fused-ring (bicyclic) bond motifs is 1. The normalized spacial score (nSPS) is 17.0. The Morgan fingerprint density at radius 1 is 1.41 bits per heavy atom. The highest BCUT2D eigenvalue weighted by Gasteiger charge is 2.25. The lowest BCUT2D eigenvalue weighted by molar-refractivity contribution is -0.142. The summed E-state index contributed by atoms with van der Waals surface area (Å²) in [6.45, 7) is 0.201. The van der Waals surface area contributed by atoms with E-state index in [1.54, 1.807) is 12.1 Å². The van der Waals surface area contributed by atoms with Crippen LogP contribution in [0.2, 0.25) is 0 Å². The van der Waals surface area contributed by atoms with Gasteiger partial charge >= 0.3 is 5.97 Å². The number of aryl methyl sites for hydroxylation is 1. The summed E-state index contributed by atoms with van der Waals surface area (Å²) in [5, 5.41) is 13.4. The Morgan fingerprint density at radius 3 is 2.95 bits per heavy atom. The third-order valence-electron chi connectivity index (χ3n) is 3.93. The summed E-state index contributed by atoms with van der Waals surface area (Å²) in [5.41, 5.74) is 1.83. The number of hydrogen-bond donors (Lipinski definition) is 1. The molecule has 3 rings (SSSR count). The average molecular weight is 302 g/mol. The second kappa shape index (κ2) is 5.71. The third-order valence-corrected chi connectivity index (χ3v) is 3.93. The van der Waals surface area contributed by atoms with Gasteiger partial charge in [-0.25, -0.2) is 9.07 Å². The number of aromatic nitrogens is 2. The fraction of sp³-hybridized carbons (Fsp3) is 0.312. The van der Waals surface area contributed by atoms with Crippen molar-refractivity contribution in [2.75, 3.05) is 0 Å². The van der Waals surface area contributed by atoms with Crippen molar-refractivity contribution in [1.29, 1.82) is 0 Å². The summed E-state index contributed by atoms with van der Waals surface area (Å²) in [5.74, 6) is -1.64. The monoisotopic (exact) mass is 302 g/mol. The smallest absolute Gasteiger partial charge is 0.306 e. The number of benzene rings is 1. The van der Waals surface area contributed by atoms with Gasteiger partial charge in [0, 0.05) is 6.07 Å². The maximum absolute atomic E-state index is 13.2. The standard InChI is InChI=1S/C16H15FN2O3/c17-13-3-1-2-10(6-13)9-19-15(20)8-12-7-11(16(21)22)4-5-14(12)18-19/h1-3,6,8,11H,4-5,7,9H2,(H,21,22)/t11-/m1/s1. The van der Waals surface area contributed by atoms with E-state index in [4.69, 9.17) is 5.11 Å². The Kier molecular flexibility index (Phi) is 3.75. The van der Waals surface area contributed by atoms with Gasteiger partial charge in [-0.15, -0.1) is 0 Å². The molecule has 22 heavy (non-hydrogen) atoms. The van der Waals surface area contributed by atoms with Crippen molar-refractivity contribution < 1.29 is 14.3 Å². The summed E-state index contributed by atoms with van der Waals surface area (Å²) in [7, 11) is 0. The van der Waals surface area contributed by atoms with Crippen LogP contribution in [0.25, 0.3) is 0 Å². The fourth-order valence-electron chi connectivity index (χ4n) is 2.76. The van der Waals surface area contributed by atoms with Crippen LogP contribution in [-0.4, -0.2) is 20.9 Å². The molecule has 0 fully saturated rings. The van der Waals surface area contributed by atoms with Crippen molar-refractivity contribution in [1.82, 2.24) is 9.78 Å². The minimum Gasteiger partial charge on any atom is -0.481 e. The zero-order valence-electron chi connectivity index (χ0n) is 11.8. The lowest BCUT2D eigenvalue weighted by Crippen LogP contribution is -2.30. The molecule has 5 nitrogen and oxygen atoms in total. The van der Waals surface area contributed by atoms with Crippen LogP contribution in [0.4, 0.5) is 4.39 Å². The first-order chi connectivity index (χ1) is 10.5. The Hall–Kier alpha value is -2.50. The second-order valence-electron chi connectivity index (χ2n) is 5.52. The molecular formula is C16H15FN2O3. The number of nitrogens with zero attached hydrogens (tertiary/aromatic N) is 2. The first kappa shape index (κ1) is 14.4. The number of rotatable bonds is 3. The van der Waals surface area contributed by atoms with Gasteiger partial charge in [-0.1, -0.05) is 12.1 Å². The largest absolute Gasteiger partial charge is 0.481 e. The van der Waals surface area contributed by atoms with E-state index in [0.717, 1.165) is 5.69 Å². The van der Waals surface area contributed by atoms with Crippen molar-refractivity contribution >= 4 is 5.97 Å². The Balaban J connectivity index is 1.89. The number of carboxylic acid groups (broad SMARTS) is 1. The number of hydrogen-bond acceptors (Lipinski definition) is 3. The van der Waals surface area contributed by atoms with Crippen molar-refractivity contribution in [3.8, 4) is 0 Å². The molecule has 1 N–H and O–H groups in total. The van der Waals surface area contributed by atoms with Gasteiger partial charge in [0.25, 0.3) is 5.56 Å². The SMILES string of the molecule is O=C(O)[C@@H]1CCc2nn(Cc3cccc(F)c3)c(=O)cc2C1. The van der Waals surface area contributed by atoms with Crippen LogP contribution in [0.1, 0.15) is 23.2 Å². The molecule has 0 spiro atoms. The Labute approximate surface area is 126 Å². The highest BCUT2D eigenvalue weighted by molar-refractivity contribution is 5.70. The summed E-state index contributed by atoms with van der Waals surface area (Å²) in [4.78, 5) is 23.2. The molecule has 1 aromatic carbocycles. The van der Waals surface area contributed by atoms with Gasteiger partial charge in [0.15, 0.2) is 0 Å². The molecule has 114 valence electrons. The molecular weight excluding hydrogens is 287 g/mol. The first-order valence-electron chi connectivity index (χ1n) is 7.10. The molecule has 1 aliphatic carbocycles. The van der Waals surface area contributed by atoms with Crippen LogP contribution < -0.4 is 5.56 Å². The molecule has 6 heteroatoms. The lowest BCUT2D eigenvalue weighted by Gasteiger charge is -2.21. The van der Waals surface area contributed by atoms with E-state index in [0.29, 0.717) is 30.4 Å². The number of carbonyl (C=O) groups is 1. The Bertz CT molecular complexity index is 785. The van der Waals surface area contributed by atoms with E-state index in [1.807, 2.05) is 0 Å². The van der Waals surface area contributed by atoms with Crippen LogP contribution in [0.15, 0.2) is 35.1 Å². The van der Waals surface area contributed by atoms with Crippen LogP contribution in [0.5, 0.6) is 0 Å². The van der Waals surface area contributed by atoms with E-state index in [-0.39, 0.29) is 17.9 Å². The van der Waals surface area contributed by atoms with Gasteiger partial charge in [-0.3, -0.25) is 9.59 Å². The maximum atomic E-state index is 13.2. The van der Waals surface area contributed by atoms with Crippen molar-refractivity contribution in [3.63, 3.8) is 0 Å². The molecule has 0 saturated heterocycles. The van der Waals surface area contributed by atoms with Gasteiger partial charge in [0.05, 0.1) is 18.2 Å². The highest BCUT2D eigenvalue weighted by Crippen LogP contribution is 2.23. The van der Waals surface area contributed by atoms with Gasteiger partial charge in [-0.2, -0.15) is 5.10 Å². The predicted octanol–water partition coefficient (Wildman–Crippen LogP) is 1.62. The van der Waals surface area contributed by atoms with Crippen LogP contribution in [0, 0.1) is 11.7 Å². The third kappa shape index (κ3) is 2.90. The topological polar surface area (TPSA) is 72.2 Å². The summed E-state index contributed by atoms with van der Waals surface area (Å²) in [6.07, 6.45) is 1.40. The molecule has 0 bridgehead atoms. The van der Waals surface area contributed by atoms with E-state index >= 15 is 0 Å². The van der Waals surface area contributed by atoms with E-state index in [2.05, 4.69) is 5.10 Å². The molecule has 0 aliphatic heterocycles. The van der Waals surface area contributed by atoms with Gasteiger partial charge in [0.2, 0.25) is 0 Å². The number of aliphatic carboxylic acids is 1. The highest BCUT2D eigenvalue weighted by atomic mass is 19.1. The maximum Gasteiger partial charge on any atom is 0.306 e. The van der Waals surface area contributed by atoms with E-state index in [9.17, 15) is 14.0 Å². The Morgan fingerprint density at radius 2 is 2.23 bits per heavy atom. The molecule has 0 unspecified atom stereocenters. The van der Waals surface area contributed by atoms with Gasteiger partial charge < -0.3 is 5.11 Å². The molecule has 1 aromatic heterocycles. The quantitative estimate of drug-likeness (QED) is 0.935. The van der Waals surface area contributed by atoms with E-state index in [1.165, 1.54) is 22.9 Å². The molecule has 0 saturated carbocycles. The fourth-order valence-corrected chi connectivity index (χ4v) is 2.76. The van der Waals surface area contributed by atoms with Gasteiger partial charge in [0.1, 0.15) is 5.82 Å². The first-order valence-corrected chi connectivity index (χ1v) is 7.10. The van der Waals surface area contributed by atoms with Crippen molar-refractivity contribution in [3.05, 3.63) is 63.3 Å². The lowest BCUT2D eigenvalue weighted by atomic mass is 9.87. The summed E-state index contributed by atoms with van der Waals surface area (Å²) >= 11 is 0. The predicted molar refractivity (Wildman–Crippen MR) is 77.1 cm³/mol. The van der Waals surface area contributed by atoms with Crippen LogP contribution in [-0.2, 0) is 24.2 Å². The minimum absolute atomic E-state index is 0.201. The molecule has 2 aromatic rings. The van der Waals surface area contributed by atoms with Gasteiger partial charge in [-0.05, 0) is 42.5 Å². The zero-order chi connectivity index (χ0) is 15.7. The van der Waals surface area contributed by atoms with Crippen molar-refractivity contribution in [2.45, 2.75) is 25.8 Å². The van der Waals surface area contributed by atoms with Crippen LogP contribution in [0.3, 0.4) is 0 Å². The summed E-state index contributed by atoms with van der Waals surface area (Å²) < 4.78 is 14.5. The molecule has 1 heterocycles. The molecule has 0 amide bonds. The average Bonchev–Trinajstić information content (AvgIpc) is 2.47. The molecule has 0 radical (unpaired) electrons. The number of carboxylic acids is 1. The van der Waals surface area contributed by atoms with E-state index < -0.39 is 11.9 Å².